The van der Waals surface area contributed by atoms with Crippen molar-refractivity contribution in [3.05, 3.63) is 58.6 Å². The molecular weight excluding hydrogens is 354 g/mol. The molecule has 1 unspecified atom stereocenters. The Morgan fingerprint density at radius 3 is 2.19 bits per heavy atom. The zero-order chi connectivity index (χ0) is 19.0. The fourth-order valence-electron chi connectivity index (χ4n) is 2.91. The molecule has 0 aromatic heterocycles. The van der Waals surface area contributed by atoms with Gasteiger partial charge in [0.15, 0.2) is 0 Å². The van der Waals surface area contributed by atoms with Gasteiger partial charge in [-0.05, 0) is 37.3 Å². The second kappa shape index (κ2) is 6.80. The Labute approximate surface area is 156 Å². The van der Waals surface area contributed by atoms with Gasteiger partial charge in [-0.1, -0.05) is 23.7 Å². The number of anilines is 2. The van der Waals surface area contributed by atoms with Crippen molar-refractivity contribution in [1.82, 2.24) is 4.90 Å². The van der Waals surface area contributed by atoms with Crippen molar-refractivity contribution in [2.24, 2.45) is 0 Å². The standard InChI is InChI=1S/C19H18ClN3O3/c1-11(23-18(25)13-6-4-5-7-14(13)19(23)26)17(24)21-15-10-12(20)8-9-16(15)22(2)3/h4-11H,1-3H3,(H,21,24). The maximum absolute atomic E-state index is 12.7. The third-order valence-electron chi connectivity index (χ3n) is 4.29. The molecule has 0 fully saturated rings. The number of rotatable bonds is 4. The number of hydrogen-bond acceptors (Lipinski definition) is 4. The Kier molecular flexibility index (Phi) is 4.70. The first-order valence-electron chi connectivity index (χ1n) is 8.06. The number of fused-ring (bicyclic) bond motifs is 1. The number of hydrogen-bond donors (Lipinski definition) is 1. The van der Waals surface area contributed by atoms with Crippen LogP contribution in [0.4, 0.5) is 11.4 Å². The van der Waals surface area contributed by atoms with Gasteiger partial charge in [0.05, 0.1) is 22.5 Å². The Bertz CT molecular complexity index is 876. The molecule has 1 aliphatic rings. The first kappa shape index (κ1) is 17.9. The fourth-order valence-corrected chi connectivity index (χ4v) is 3.08. The van der Waals surface area contributed by atoms with Crippen LogP contribution in [0.1, 0.15) is 27.6 Å². The van der Waals surface area contributed by atoms with Crippen molar-refractivity contribution >= 4 is 40.7 Å². The Hall–Kier alpha value is -2.86. The quantitative estimate of drug-likeness (QED) is 0.839. The van der Waals surface area contributed by atoms with E-state index in [1.165, 1.54) is 6.92 Å². The number of carbonyl (C=O) groups excluding carboxylic acids is 3. The largest absolute Gasteiger partial charge is 0.376 e. The van der Waals surface area contributed by atoms with Crippen LogP contribution in [0.25, 0.3) is 0 Å². The highest BCUT2D eigenvalue weighted by molar-refractivity contribution is 6.31. The van der Waals surface area contributed by atoms with Gasteiger partial charge in [0.1, 0.15) is 6.04 Å². The Morgan fingerprint density at radius 1 is 1.08 bits per heavy atom. The van der Waals surface area contributed by atoms with Crippen LogP contribution in [-0.4, -0.2) is 42.8 Å². The lowest BCUT2D eigenvalue weighted by Gasteiger charge is -2.23. The van der Waals surface area contributed by atoms with E-state index < -0.39 is 23.8 Å². The molecule has 0 bridgehead atoms. The molecule has 2 aromatic rings. The van der Waals surface area contributed by atoms with Crippen molar-refractivity contribution in [2.75, 3.05) is 24.3 Å². The maximum atomic E-state index is 12.7. The summed E-state index contributed by atoms with van der Waals surface area (Å²) in [6.07, 6.45) is 0. The van der Waals surface area contributed by atoms with E-state index in [9.17, 15) is 14.4 Å². The zero-order valence-corrected chi connectivity index (χ0v) is 15.4. The van der Waals surface area contributed by atoms with Crippen LogP contribution in [0, 0.1) is 0 Å². The molecule has 3 rings (SSSR count). The molecule has 0 spiro atoms. The molecular formula is C19H18ClN3O3. The summed E-state index contributed by atoms with van der Waals surface area (Å²) in [5.74, 6) is -1.40. The highest BCUT2D eigenvalue weighted by atomic mass is 35.5. The summed E-state index contributed by atoms with van der Waals surface area (Å²) in [4.78, 5) is 40.6. The van der Waals surface area contributed by atoms with E-state index in [0.29, 0.717) is 21.8 Å². The molecule has 0 saturated carbocycles. The maximum Gasteiger partial charge on any atom is 0.262 e. The molecule has 2 aromatic carbocycles. The lowest BCUT2D eigenvalue weighted by molar-refractivity contribution is -0.119. The Morgan fingerprint density at radius 2 is 1.65 bits per heavy atom. The molecule has 1 N–H and O–H groups in total. The van der Waals surface area contributed by atoms with Gasteiger partial charge < -0.3 is 10.2 Å². The lowest BCUT2D eigenvalue weighted by Crippen LogP contribution is -2.45. The minimum Gasteiger partial charge on any atom is -0.376 e. The molecule has 1 atom stereocenters. The molecule has 1 heterocycles. The summed E-state index contributed by atoms with van der Waals surface area (Å²) in [6, 6.07) is 10.7. The van der Waals surface area contributed by atoms with Gasteiger partial charge in [-0.3, -0.25) is 19.3 Å². The minimum absolute atomic E-state index is 0.314. The number of nitrogens with one attached hydrogen (secondary N) is 1. The number of halogens is 1. The summed E-state index contributed by atoms with van der Waals surface area (Å²) >= 11 is 6.03. The molecule has 7 heteroatoms. The average molecular weight is 372 g/mol. The molecule has 0 aliphatic carbocycles. The molecule has 6 nitrogen and oxygen atoms in total. The third kappa shape index (κ3) is 3.04. The minimum atomic E-state index is -0.962. The first-order valence-corrected chi connectivity index (χ1v) is 8.43. The van der Waals surface area contributed by atoms with Gasteiger partial charge in [-0.2, -0.15) is 0 Å². The van der Waals surface area contributed by atoms with Crippen LogP contribution < -0.4 is 10.2 Å². The molecule has 134 valence electrons. The molecule has 3 amide bonds. The Balaban J connectivity index is 1.85. The number of imide groups is 1. The fraction of sp³-hybridized carbons (Fsp3) is 0.211. The highest BCUT2D eigenvalue weighted by Crippen LogP contribution is 2.29. The summed E-state index contributed by atoms with van der Waals surface area (Å²) in [5, 5.41) is 3.24. The van der Waals surface area contributed by atoms with E-state index in [0.717, 1.165) is 10.6 Å². The van der Waals surface area contributed by atoms with Crippen LogP contribution in [0.5, 0.6) is 0 Å². The van der Waals surface area contributed by atoms with Gasteiger partial charge in [0, 0.05) is 19.1 Å². The normalized spacial score (nSPS) is 14.2. The van der Waals surface area contributed by atoms with Gasteiger partial charge in [0.2, 0.25) is 5.91 Å². The number of carbonyl (C=O) groups is 3. The monoisotopic (exact) mass is 371 g/mol. The SMILES string of the molecule is CC(C(=O)Nc1cc(Cl)ccc1N(C)C)N1C(=O)c2ccccc2C1=O. The summed E-state index contributed by atoms with van der Waals surface area (Å²) in [7, 11) is 3.68. The second-order valence-corrected chi connectivity index (χ2v) is 6.68. The molecule has 0 saturated heterocycles. The van der Waals surface area contributed by atoms with Crippen LogP contribution in [0.3, 0.4) is 0 Å². The average Bonchev–Trinajstić information content (AvgIpc) is 2.85. The predicted octanol–water partition coefficient (Wildman–Crippen LogP) is 3.03. The lowest BCUT2D eigenvalue weighted by atomic mass is 10.1. The smallest absolute Gasteiger partial charge is 0.262 e. The first-order chi connectivity index (χ1) is 12.3. The van der Waals surface area contributed by atoms with E-state index in [1.807, 2.05) is 19.0 Å². The van der Waals surface area contributed by atoms with Crippen molar-refractivity contribution in [3.63, 3.8) is 0 Å². The van der Waals surface area contributed by atoms with Gasteiger partial charge >= 0.3 is 0 Å². The number of nitrogens with zero attached hydrogens (tertiary/aromatic N) is 2. The zero-order valence-electron chi connectivity index (χ0n) is 14.6. The van der Waals surface area contributed by atoms with E-state index >= 15 is 0 Å². The summed E-state index contributed by atoms with van der Waals surface area (Å²) in [6.45, 7) is 1.52. The highest BCUT2D eigenvalue weighted by Gasteiger charge is 2.40. The molecule has 1 aliphatic heterocycles. The van der Waals surface area contributed by atoms with Crippen molar-refractivity contribution in [3.8, 4) is 0 Å². The van der Waals surface area contributed by atoms with E-state index in [2.05, 4.69) is 5.32 Å². The van der Waals surface area contributed by atoms with Crippen LogP contribution in [-0.2, 0) is 4.79 Å². The second-order valence-electron chi connectivity index (χ2n) is 6.25. The molecule has 26 heavy (non-hydrogen) atoms. The van der Waals surface area contributed by atoms with Crippen LogP contribution >= 0.6 is 11.6 Å². The van der Waals surface area contributed by atoms with Crippen molar-refractivity contribution in [1.29, 1.82) is 0 Å². The van der Waals surface area contributed by atoms with Crippen LogP contribution in [0.15, 0.2) is 42.5 Å². The van der Waals surface area contributed by atoms with E-state index in [1.54, 1.807) is 42.5 Å². The summed E-state index contributed by atoms with van der Waals surface area (Å²) < 4.78 is 0. The number of benzene rings is 2. The van der Waals surface area contributed by atoms with Crippen molar-refractivity contribution in [2.45, 2.75) is 13.0 Å². The van der Waals surface area contributed by atoms with E-state index in [-0.39, 0.29) is 0 Å². The molecule has 0 radical (unpaired) electrons. The van der Waals surface area contributed by atoms with Crippen LogP contribution in [0.2, 0.25) is 5.02 Å². The van der Waals surface area contributed by atoms with Crippen molar-refractivity contribution < 1.29 is 14.4 Å². The topological polar surface area (TPSA) is 69.7 Å². The van der Waals surface area contributed by atoms with Gasteiger partial charge in [-0.25, -0.2) is 0 Å². The van der Waals surface area contributed by atoms with Gasteiger partial charge in [0.25, 0.3) is 11.8 Å². The summed E-state index contributed by atoms with van der Waals surface area (Å²) in [5.41, 5.74) is 1.90. The third-order valence-corrected chi connectivity index (χ3v) is 4.53. The predicted molar refractivity (Wildman–Crippen MR) is 101 cm³/mol. The number of amides is 3. The van der Waals surface area contributed by atoms with Gasteiger partial charge in [-0.15, -0.1) is 0 Å². The van der Waals surface area contributed by atoms with E-state index in [4.69, 9.17) is 11.6 Å².